The minimum Gasteiger partial charge on any atom is -0.426 e. The lowest BCUT2D eigenvalue weighted by molar-refractivity contribution is -0.131. The number of rotatable bonds is 20. The van der Waals surface area contributed by atoms with Crippen LogP contribution in [0.4, 0.5) is 5.69 Å². The number of carbonyl (C=O) groups excluding carboxylic acids is 1. The number of anilines is 1. The molecule has 0 unspecified atom stereocenters. The summed E-state index contributed by atoms with van der Waals surface area (Å²) in [6, 6.07) is 13.3. The maximum Gasteiger partial charge on any atom is 0.308 e. The lowest BCUT2D eigenvalue weighted by atomic mass is 10.1. The van der Waals surface area contributed by atoms with Crippen LogP contribution in [0.25, 0.3) is 0 Å². The van der Waals surface area contributed by atoms with Gasteiger partial charge in [0.1, 0.15) is 5.75 Å². The molecular weight excluding hydrogens is 568 g/mol. The zero-order chi connectivity index (χ0) is 30.3. The summed E-state index contributed by atoms with van der Waals surface area (Å²) in [6.45, 7) is 6.44. The lowest BCUT2D eigenvalue weighted by Gasteiger charge is -2.15. The van der Waals surface area contributed by atoms with Crippen LogP contribution in [0.1, 0.15) is 61.1 Å². The largest absolute Gasteiger partial charge is 0.426 e. The van der Waals surface area contributed by atoms with E-state index < -0.39 is 12.1 Å². The fourth-order valence-electron chi connectivity index (χ4n) is 4.77. The molecule has 0 aliphatic carbocycles. The second kappa shape index (κ2) is 18.0. The number of ether oxygens (including phenoxy) is 3. The number of nitrogens with one attached hydrogen (secondary N) is 2. The van der Waals surface area contributed by atoms with E-state index in [0.29, 0.717) is 49.8 Å². The summed E-state index contributed by atoms with van der Waals surface area (Å²) < 4.78 is 18.8. The predicted octanol–water partition coefficient (Wildman–Crippen LogP) is 4.44. The monoisotopic (exact) mass is 612 g/mol. The molecule has 10 nitrogen and oxygen atoms in total. The number of thioether (sulfide) groups is 1. The second-order valence-electron chi connectivity index (χ2n) is 10.5. The minimum absolute atomic E-state index is 0.269. The summed E-state index contributed by atoms with van der Waals surface area (Å²) in [5.41, 5.74) is 4.40. The van der Waals surface area contributed by atoms with E-state index in [1.165, 1.54) is 6.92 Å². The van der Waals surface area contributed by atoms with Gasteiger partial charge >= 0.3 is 5.97 Å². The molecule has 0 saturated heterocycles. The van der Waals surface area contributed by atoms with E-state index >= 15 is 0 Å². The Morgan fingerprint density at radius 3 is 2.79 bits per heavy atom. The van der Waals surface area contributed by atoms with Crippen LogP contribution in [-0.4, -0.2) is 64.4 Å². The molecule has 1 aliphatic heterocycles. The number of esters is 1. The Bertz CT molecular complexity index is 1260. The zero-order valence-electron chi connectivity index (χ0n) is 24.9. The fraction of sp³-hybridized carbons (Fsp3) is 0.500. The van der Waals surface area contributed by atoms with Crippen LogP contribution in [0.15, 0.2) is 53.8 Å². The number of imidazole rings is 1. The maximum atomic E-state index is 11.2. The van der Waals surface area contributed by atoms with E-state index in [4.69, 9.17) is 14.2 Å². The fourth-order valence-corrected chi connectivity index (χ4v) is 5.73. The first-order valence-corrected chi connectivity index (χ1v) is 16.0. The average Bonchev–Trinajstić information content (AvgIpc) is 3.61. The quantitative estimate of drug-likeness (QED) is 0.0827. The van der Waals surface area contributed by atoms with E-state index in [1.54, 1.807) is 18.2 Å². The molecule has 4 N–H and O–H groups in total. The molecule has 2 aromatic carbocycles. The summed E-state index contributed by atoms with van der Waals surface area (Å²) in [6.07, 6.45) is 5.62. The topological polar surface area (TPSA) is 127 Å². The van der Waals surface area contributed by atoms with Crippen LogP contribution in [0.2, 0.25) is 0 Å². The molecule has 3 aromatic rings. The van der Waals surface area contributed by atoms with Crippen LogP contribution in [0, 0.1) is 0 Å². The summed E-state index contributed by atoms with van der Waals surface area (Å²) in [5, 5.41) is 27.8. The van der Waals surface area contributed by atoms with Gasteiger partial charge in [-0.3, -0.25) is 4.79 Å². The Labute approximate surface area is 258 Å². The molecule has 43 heavy (non-hydrogen) atoms. The Hall–Kier alpha value is -2.93. The third-order valence-corrected chi connectivity index (χ3v) is 7.99. The van der Waals surface area contributed by atoms with Crippen LogP contribution >= 0.6 is 11.8 Å². The molecule has 0 amide bonds. The number of fused-ring (bicyclic) bond motifs is 1. The number of carbonyl (C=O) groups is 1. The highest BCUT2D eigenvalue weighted by molar-refractivity contribution is 7.99. The number of benzene rings is 2. The predicted molar refractivity (Wildman–Crippen MR) is 167 cm³/mol. The van der Waals surface area contributed by atoms with Crippen molar-refractivity contribution in [2.75, 3.05) is 44.0 Å². The molecule has 11 heteroatoms. The molecule has 4 rings (SSSR count). The van der Waals surface area contributed by atoms with Crippen molar-refractivity contribution in [3.05, 3.63) is 71.0 Å². The normalized spacial score (nSPS) is 13.2. The van der Waals surface area contributed by atoms with Gasteiger partial charge in [0, 0.05) is 49.8 Å². The molecule has 1 aromatic heterocycles. The summed E-state index contributed by atoms with van der Waals surface area (Å²) in [7, 11) is 0. The molecule has 234 valence electrons. The Balaban J connectivity index is 0.970. The van der Waals surface area contributed by atoms with Crippen molar-refractivity contribution in [2.24, 2.45) is 0 Å². The number of unbranched alkanes of at least 4 members (excludes halogenated alkanes) is 3. The number of aromatic nitrogens is 2. The highest BCUT2D eigenvalue weighted by Crippen LogP contribution is 2.25. The SMILES string of the molecule is CC(=O)Oc1ccc([C@@H](O)CNCCCCCCOCCOCc2cccc(NCc3cn4c(n3)SCC4)c2)cc1CO. The van der Waals surface area contributed by atoms with Crippen LogP contribution in [-0.2, 0) is 40.6 Å². The van der Waals surface area contributed by atoms with Gasteiger partial charge in [-0.15, -0.1) is 0 Å². The molecule has 0 spiro atoms. The molecular formula is C32H44N4O6S. The Morgan fingerprint density at radius 2 is 1.95 bits per heavy atom. The van der Waals surface area contributed by atoms with Gasteiger partial charge in [0.25, 0.3) is 0 Å². The van der Waals surface area contributed by atoms with Crippen molar-refractivity contribution < 1.29 is 29.2 Å². The third-order valence-electron chi connectivity index (χ3n) is 7.02. The highest BCUT2D eigenvalue weighted by atomic mass is 32.2. The Kier molecular flexibility index (Phi) is 13.8. The van der Waals surface area contributed by atoms with Gasteiger partial charge in [0.05, 0.1) is 44.8 Å². The minimum atomic E-state index is -0.708. The summed E-state index contributed by atoms with van der Waals surface area (Å²) in [5.74, 6) is 0.981. The van der Waals surface area contributed by atoms with E-state index in [0.717, 1.165) is 73.2 Å². The van der Waals surface area contributed by atoms with E-state index in [-0.39, 0.29) is 6.61 Å². The van der Waals surface area contributed by atoms with Crippen LogP contribution in [0.3, 0.4) is 0 Å². The number of aliphatic hydroxyl groups is 2. The third kappa shape index (κ3) is 11.3. The van der Waals surface area contributed by atoms with E-state index in [1.807, 2.05) is 17.8 Å². The number of nitrogens with zero attached hydrogens (tertiary/aromatic N) is 2. The smallest absolute Gasteiger partial charge is 0.308 e. The maximum absolute atomic E-state index is 11.2. The first-order valence-electron chi connectivity index (χ1n) is 15.0. The molecule has 0 saturated carbocycles. The van der Waals surface area contributed by atoms with Crippen molar-refractivity contribution >= 4 is 23.4 Å². The first-order chi connectivity index (χ1) is 21.0. The van der Waals surface area contributed by atoms with Crippen LogP contribution < -0.4 is 15.4 Å². The van der Waals surface area contributed by atoms with Crippen molar-refractivity contribution in [2.45, 2.75) is 70.2 Å². The number of aliphatic hydroxyl groups excluding tert-OH is 2. The van der Waals surface area contributed by atoms with E-state index in [9.17, 15) is 15.0 Å². The zero-order valence-corrected chi connectivity index (χ0v) is 25.7. The van der Waals surface area contributed by atoms with Crippen molar-refractivity contribution in [3.63, 3.8) is 0 Å². The van der Waals surface area contributed by atoms with Gasteiger partial charge in [-0.05, 0) is 54.8 Å². The van der Waals surface area contributed by atoms with Crippen LogP contribution in [0.5, 0.6) is 5.75 Å². The molecule has 1 aliphatic rings. The first kappa shape index (κ1) is 33.0. The standard InChI is InChI=1S/C32H44N4O6S/c1-24(38)42-31-10-9-26(18-27(31)22-37)30(39)20-33-11-4-2-3-5-13-40-14-15-41-23-25-7-6-8-28(17-25)34-19-29-21-36-12-16-43-32(36)35-29/h6-10,17-18,21,30,33-34,37,39H,2-5,11-16,19-20,22-23H2,1H3/t30-/m0/s1. The van der Waals surface area contributed by atoms with Crippen molar-refractivity contribution in [3.8, 4) is 5.75 Å². The van der Waals surface area contributed by atoms with Gasteiger partial charge in [0.2, 0.25) is 0 Å². The summed E-state index contributed by atoms with van der Waals surface area (Å²) >= 11 is 1.81. The number of hydrogen-bond acceptors (Lipinski definition) is 10. The average molecular weight is 613 g/mol. The van der Waals surface area contributed by atoms with Gasteiger partial charge in [0.15, 0.2) is 5.16 Å². The molecule has 0 bridgehead atoms. The van der Waals surface area contributed by atoms with E-state index in [2.05, 4.69) is 44.6 Å². The number of hydrogen-bond donors (Lipinski definition) is 4. The summed E-state index contributed by atoms with van der Waals surface area (Å²) in [4.78, 5) is 15.8. The highest BCUT2D eigenvalue weighted by Gasteiger charge is 2.14. The van der Waals surface area contributed by atoms with Gasteiger partial charge in [-0.25, -0.2) is 4.98 Å². The second-order valence-corrected chi connectivity index (χ2v) is 11.6. The van der Waals surface area contributed by atoms with Gasteiger partial charge < -0.3 is 39.6 Å². The van der Waals surface area contributed by atoms with Gasteiger partial charge in [-0.2, -0.15) is 0 Å². The molecule has 0 radical (unpaired) electrons. The number of aryl methyl sites for hydroxylation is 1. The molecule has 2 heterocycles. The van der Waals surface area contributed by atoms with Crippen molar-refractivity contribution in [1.29, 1.82) is 0 Å². The molecule has 0 fully saturated rings. The van der Waals surface area contributed by atoms with Gasteiger partial charge in [-0.1, -0.05) is 42.8 Å². The van der Waals surface area contributed by atoms with Crippen molar-refractivity contribution in [1.82, 2.24) is 14.9 Å². The Morgan fingerprint density at radius 1 is 1.09 bits per heavy atom. The molecule has 1 atom stereocenters. The lowest BCUT2D eigenvalue weighted by Crippen LogP contribution is -2.22.